The van der Waals surface area contributed by atoms with Crippen LogP contribution in [0.1, 0.15) is 47.2 Å². The maximum absolute atomic E-state index is 12.9. The molecule has 2 heterocycles. The van der Waals surface area contributed by atoms with E-state index >= 15 is 0 Å². The van der Waals surface area contributed by atoms with Crippen molar-refractivity contribution in [2.75, 3.05) is 13.1 Å². The highest BCUT2D eigenvalue weighted by Crippen LogP contribution is 2.30. The molecule has 144 valence electrons. The molecule has 1 fully saturated rings. The molecule has 28 heavy (non-hydrogen) atoms. The van der Waals surface area contributed by atoms with Crippen molar-refractivity contribution in [1.82, 2.24) is 9.88 Å². The highest BCUT2D eigenvalue weighted by Gasteiger charge is 2.26. The van der Waals surface area contributed by atoms with Gasteiger partial charge in [0.1, 0.15) is 6.10 Å². The second-order valence-electron chi connectivity index (χ2n) is 7.75. The molecule has 0 radical (unpaired) electrons. The van der Waals surface area contributed by atoms with Gasteiger partial charge in [0.2, 0.25) is 0 Å². The van der Waals surface area contributed by atoms with Gasteiger partial charge in [0.15, 0.2) is 0 Å². The SMILES string of the molecule is O=C(c1ccc2c(c1)CCCC2)N1CCC(Oc2nc3ccccc3s2)CC1. The van der Waals surface area contributed by atoms with E-state index in [4.69, 9.17) is 4.74 Å². The predicted molar refractivity (Wildman–Crippen MR) is 112 cm³/mol. The summed E-state index contributed by atoms with van der Waals surface area (Å²) in [5.41, 5.74) is 4.62. The van der Waals surface area contributed by atoms with Crippen LogP contribution in [0.2, 0.25) is 0 Å². The zero-order chi connectivity index (χ0) is 18.9. The van der Waals surface area contributed by atoms with E-state index < -0.39 is 0 Å². The highest BCUT2D eigenvalue weighted by atomic mass is 32.1. The Morgan fingerprint density at radius 2 is 1.82 bits per heavy atom. The van der Waals surface area contributed by atoms with Gasteiger partial charge in [-0.3, -0.25) is 4.79 Å². The van der Waals surface area contributed by atoms with Gasteiger partial charge < -0.3 is 9.64 Å². The molecule has 3 aromatic rings. The molecular formula is C23H24N2O2S. The molecule has 5 heteroatoms. The first-order valence-electron chi connectivity index (χ1n) is 10.2. The molecule has 0 saturated carbocycles. The molecule has 1 aromatic heterocycles. The third-order valence-electron chi connectivity index (χ3n) is 5.87. The number of aromatic nitrogens is 1. The van der Waals surface area contributed by atoms with Gasteiger partial charge in [0.25, 0.3) is 11.1 Å². The first kappa shape index (κ1) is 17.7. The second kappa shape index (κ2) is 7.55. The topological polar surface area (TPSA) is 42.4 Å². The number of aryl methyl sites for hydroxylation is 2. The van der Waals surface area contributed by atoms with E-state index in [0.29, 0.717) is 0 Å². The largest absolute Gasteiger partial charge is 0.467 e. The van der Waals surface area contributed by atoms with Crippen LogP contribution in [0, 0.1) is 0 Å². The summed E-state index contributed by atoms with van der Waals surface area (Å²) in [7, 11) is 0. The van der Waals surface area contributed by atoms with Crippen molar-refractivity contribution in [2.24, 2.45) is 0 Å². The van der Waals surface area contributed by atoms with E-state index in [2.05, 4.69) is 23.2 Å². The van der Waals surface area contributed by atoms with Crippen molar-refractivity contribution >= 4 is 27.5 Å². The van der Waals surface area contributed by atoms with Crippen LogP contribution in [0.3, 0.4) is 0 Å². The van der Waals surface area contributed by atoms with E-state index in [1.807, 2.05) is 29.2 Å². The number of carbonyl (C=O) groups is 1. The number of amides is 1. The molecule has 1 aliphatic carbocycles. The second-order valence-corrected chi connectivity index (χ2v) is 8.74. The van der Waals surface area contributed by atoms with Gasteiger partial charge in [0, 0.05) is 31.5 Å². The van der Waals surface area contributed by atoms with Gasteiger partial charge in [0.05, 0.1) is 10.2 Å². The first-order chi connectivity index (χ1) is 13.8. The Kier molecular flexibility index (Phi) is 4.77. The standard InChI is InChI=1S/C23H24N2O2S/c26-22(18-10-9-16-5-1-2-6-17(16)15-18)25-13-11-19(12-14-25)27-23-24-20-7-3-4-8-21(20)28-23/h3-4,7-10,15,19H,1-2,5-6,11-14H2. The summed E-state index contributed by atoms with van der Waals surface area (Å²) in [6, 6.07) is 14.4. The number of likely N-dealkylation sites (tertiary alicyclic amines) is 1. The van der Waals surface area contributed by atoms with E-state index in [1.165, 1.54) is 24.0 Å². The number of hydrogen-bond acceptors (Lipinski definition) is 4. The Morgan fingerprint density at radius 3 is 2.64 bits per heavy atom. The third-order valence-corrected chi connectivity index (χ3v) is 6.79. The fourth-order valence-corrected chi connectivity index (χ4v) is 5.15. The molecule has 1 amide bonds. The Labute approximate surface area is 169 Å². The number of carbonyl (C=O) groups excluding carboxylic acids is 1. The lowest BCUT2D eigenvalue weighted by atomic mass is 9.90. The van der Waals surface area contributed by atoms with Gasteiger partial charge in [-0.1, -0.05) is 29.5 Å². The van der Waals surface area contributed by atoms with Crippen LogP contribution >= 0.6 is 11.3 Å². The van der Waals surface area contributed by atoms with Crippen molar-refractivity contribution in [2.45, 2.75) is 44.6 Å². The van der Waals surface area contributed by atoms with Crippen LogP contribution in [0.15, 0.2) is 42.5 Å². The Morgan fingerprint density at radius 1 is 1.04 bits per heavy atom. The molecule has 5 rings (SSSR count). The fraction of sp³-hybridized carbons (Fsp3) is 0.391. The Hall–Kier alpha value is -2.40. The number of piperidine rings is 1. The van der Waals surface area contributed by atoms with Gasteiger partial charge in [-0.25, -0.2) is 4.98 Å². The number of rotatable bonds is 3. The predicted octanol–water partition coefficient (Wildman–Crippen LogP) is 4.86. The first-order valence-corrected chi connectivity index (χ1v) is 11.0. The molecule has 0 unspecified atom stereocenters. The highest BCUT2D eigenvalue weighted by molar-refractivity contribution is 7.20. The maximum Gasteiger partial charge on any atom is 0.274 e. The van der Waals surface area contributed by atoms with E-state index in [9.17, 15) is 4.79 Å². The van der Waals surface area contributed by atoms with Crippen LogP contribution in [0.4, 0.5) is 0 Å². The number of nitrogens with zero attached hydrogens (tertiary/aromatic N) is 2. The fourth-order valence-electron chi connectivity index (χ4n) is 4.27. The van der Waals surface area contributed by atoms with Crippen molar-refractivity contribution in [3.8, 4) is 5.19 Å². The molecule has 0 atom stereocenters. The lowest BCUT2D eigenvalue weighted by molar-refractivity contribution is 0.0595. The summed E-state index contributed by atoms with van der Waals surface area (Å²) in [6.07, 6.45) is 6.60. The lowest BCUT2D eigenvalue weighted by Crippen LogP contribution is -2.41. The normalized spacial score (nSPS) is 17.5. The van der Waals surface area contributed by atoms with Crippen LogP contribution < -0.4 is 4.74 Å². The lowest BCUT2D eigenvalue weighted by Gasteiger charge is -2.32. The molecule has 2 aliphatic rings. The molecular weight excluding hydrogens is 368 g/mol. The third kappa shape index (κ3) is 3.51. The van der Waals surface area contributed by atoms with E-state index in [-0.39, 0.29) is 12.0 Å². The molecule has 0 spiro atoms. The van der Waals surface area contributed by atoms with E-state index in [1.54, 1.807) is 11.3 Å². The summed E-state index contributed by atoms with van der Waals surface area (Å²) in [5, 5.41) is 0.737. The minimum Gasteiger partial charge on any atom is -0.467 e. The quantitative estimate of drug-likeness (QED) is 0.639. The van der Waals surface area contributed by atoms with E-state index in [0.717, 1.165) is 59.7 Å². The average molecular weight is 393 g/mol. The van der Waals surface area contributed by atoms with Crippen LogP contribution in [-0.4, -0.2) is 35.0 Å². The van der Waals surface area contributed by atoms with Gasteiger partial charge in [-0.05, 0) is 61.1 Å². The zero-order valence-corrected chi connectivity index (χ0v) is 16.7. The van der Waals surface area contributed by atoms with Crippen molar-refractivity contribution < 1.29 is 9.53 Å². The summed E-state index contributed by atoms with van der Waals surface area (Å²) >= 11 is 1.59. The number of thiazole rings is 1. The summed E-state index contributed by atoms with van der Waals surface area (Å²) in [5.74, 6) is 0.159. The van der Waals surface area contributed by atoms with Gasteiger partial charge in [-0.2, -0.15) is 0 Å². The molecule has 1 aliphatic heterocycles. The van der Waals surface area contributed by atoms with Gasteiger partial charge >= 0.3 is 0 Å². The zero-order valence-electron chi connectivity index (χ0n) is 15.9. The number of benzene rings is 2. The van der Waals surface area contributed by atoms with Crippen LogP contribution in [-0.2, 0) is 12.8 Å². The van der Waals surface area contributed by atoms with Crippen molar-refractivity contribution in [3.63, 3.8) is 0 Å². The summed E-state index contributed by atoms with van der Waals surface area (Å²) < 4.78 is 7.27. The van der Waals surface area contributed by atoms with Gasteiger partial charge in [-0.15, -0.1) is 0 Å². The summed E-state index contributed by atoms with van der Waals surface area (Å²) in [4.78, 5) is 19.5. The summed E-state index contributed by atoms with van der Waals surface area (Å²) in [6.45, 7) is 1.48. The van der Waals surface area contributed by atoms with Crippen molar-refractivity contribution in [1.29, 1.82) is 0 Å². The number of fused-ring (bicyclic) bond motifs is 2. The molecule has 1 saturated heterocycles. The van der Waals surface area contributed by atoms with Crippen molar-refractivity contribution in [3.05, 3.63) is 59.2 Å². The monoisotopic (exact) mass is 392 g/mol. The van der Waals surface area contributed by atoms with Crippen LogP contribution in [0.5, 0.6) is 5.19 Å². The molecule has 4 nitrogen and oxygen atoms in total. The molecule has 2 aromatic carbocycles. The average Bonchev–Trinajstić information content (AvgIpc) is 3.16. The number of para-hydroxylation sites is 1. The Balaban J connectivity index is 1.21. The number of hydrogen-bond donors (Lipinski definition) is 0. The molecule has 0 bridgehead atoms. The van der Waals surface area contributed by atoms with Crippen LogP contribution in [0.25, 0.3) is 10.2 Å². The Bertz CT molecular complexity index is 972. The molecule has 0 N–H and O–H groups in total. The maximum atomic E-state index is 12.9. The minimum atomic E-state index is 0.133. The minimum absolute atomic E-state index is 0.133. The smallest absolute Gasteiger partial charge is 0.274 e. The number of ether oxygens (including phenoxy) is 1.